The molecule has 1 aliphatic rings. The number of carbonyl (C=O) groups excluding carboxylic acids is 2. The zero-order valence-corrected chi connectivity index (χ0v) is 16.5. The minimum atomic E-state index is -0.358. The number of halogens is 1. The summed E-state index contributed by atoms with van der Waals surface area (Å²) in [6.45, 7) is 2.10. The molecule has 0 unspecified atom stereocenters. The fraction of sp³-hybridized carbons (Fsp3) is 0.438. The number of carbonyl (C=O) groups is 2. The summed E-state index contributed by atoms with van der Waals surface area (Å²) in [6, 6.07) is 0. The van der Waals surface area contributed by atoms with Crippen molar-refractivity contribution in [3.05, 3.63) is 31.5 Å². The van der Waals surface area contributed by atoms with Gasteiger partial charge in [0.2, 0.25) is 0 Å². The van der Waals surface area contributed by atoms with Gasteiger partial charge in [-0.2, -0.15) is 5.10 Å². The third kappa shape index (κ3) is 3.34. The molecule has 2 heterocycles. The Morgan fingerprint density at radius 1 is 1.42 bits per heavy atom. The molecule has 6 nitrogen and oxygen atoms in total. The molecular weight excluding hydrogens is 441 g/mol. The van der Waals surface area contributed by atoms with Crippen LogP contribution in [-0.4, -0.2) is 28.3 Å². The minimum absolute atomic E-state index is 0.302. The molecule has 1 N–H and O–H groups in total. The molecule has 128 valence electrons. The molecule has 1 aliphatic carbocycles. The molecule has 0 fully saturated rings. The van der Waals surface area contributed by atoms with Crippen molar-refractivity contribution in [2.45, 2.75) is 32.6 Å². The fourth-order valence-electron chi connectivity index (χ4n) is 2.85. The monoisotopic (exact) mass is 459 g/mol. The van der Waals surface area contributed by atoms with Crippen LogP contribution < -0.4 is 5.32 Å². The molecular formula is C16H18IN3O3S. The SMILES string of the molecule is CCOC(=O)c1c(NC(=O)c2nn(C)cc2I)sc2c1CCCC2. The summed E-state index contributed by atoms with van der Waals surface area (Å²) in [6.07, 6.45) is 5.75. The lowest BCUT2D eigenvalue weighted by molar-refractivity contribution is 0.0526. The van der Waals surface area contributed by atoms with Gasteiger partial charge in [-0.3, -0.25) is 9.48 Å². The second kappa shape index (κ2) is 7.22. The number of amides is 1. The maximum atomic E-state index is 12.6. The lowest BCUT2D eigenvalue weighted by atomic mass is 9.95. The average Bonchev–Trinajstić information content (AvgIpc) is 3.06. The first-order chi connectivity index (χ1) is 11.5. The molecule has 24 heavy (non-hydrogen) atoms. The highest BCUT2D eigenvalue weighted by atomic mass is 127. The highest BCUT2D eigenvalue weighted by Crippen LogP contribution is 2.38. The Morgan fingerprint density at radius 3 is 2.83 bits per heavy atom. The summed E-state index contributed by atoms with van der Waals surface area (Å²) < 4.78 is 7.57. The molecule has 0 saturated carbocycles. The Balaban J connectivity index is 1.95. The number of rotatable bonds is 4. The maximum absolute atomic E-state index is 12.6. The molecule has 0 radical (unpaired) electrons. The van der Waals surface area contributed by atoms with Crippen LogP contribution in [-0.2, 0) is 24.6 Å². The Morgan fingerprint density at radius 2 is 2.17 bits per heavy atom. The number of anilines is 1. The number of nitrogens with one attached hydrogen (secondary N) is 1. The van der Waals surface area contributed by atoms with Crippen LogP contribution in [0.25, 0.3) is 0 Å². The van der Waals surface area contributed by atoms with Gasteiger partial charge in [0.1, 0.15) is 5.00 Å². The average molecular weight is 459 g/mol. The number of hydrogen-bond donors (Lipinski definition) is 1. The highest BCUT2D eigenvalue weighted by Gasteiger charge is 2.28. The molecule has 0 atom stereocenters. The topological polar surface area (TPSA) is 73.2 Å². The summed E-state index contributed by atoms with van der Waals surface area (Å²) in [5.41, 5.74) is 1.92. The molecule has 0 spiro atoms. The highest BCUT2D eigenvalue weighted by molar-refractivity contribution is 14.1. The van der Waals surface area contributed by atoms with E-state index in [0.717, 1.165) is 34.8 Å². The predicted octanol–water partition coefficient (Wildman–Crippen LogP) is 3.39. The number of nitrogens with zero attached hydrogens (tertiary/aromatic N) is 2. The second-order valence-corrected chi connectivity index (χ2v) is 7.86. The third-order valence-electron chi connectivity index (χ3n) is 3.88. The standard InChI is InChI=1S/C16H18IN3O3S/c1-3-23-16(22)12-9-6-4-5-7-11(9)24-15(12)18-14(21)13-10(17)8-20(2)19-13/h8H,3-7H2,1-2H3,(H,18,21). The van der Waals surface area contributed by atoms with Crippen molar-refractivity contribution < 1.29 is 14.3 Å². The molecule has 0 bridgehead atoms. The van der Waals surface area contributed by atoms with Gasteiger partial charge >= 0.3 is 5.97 Å². The van der Waals surface area contributed by atoms with Crippen LogP contribution in [0.15, 0.2) is 6.20 Å². The van der Waals surface area contributed by atoms with Crippen molar-refractivity contribution in [3.8, 4) is 0 Å². The van der Waals surface area contributed by atoms with Gasteiger partial charge in [0.05, 0.1) is 15.7 Å². The van der Waals surface area contributed by atoms with E-state index in [0.29, 0.717) is 22.9 Å². The van der Waals surface area contributed by atoms with E-state index >= 15 is 0 Å². The molecule has 0 saturated heterocycles. The molecule has 0 aromatic carbocycles. The van der Waals surface area contributed by atoms with E-state index in [4.69, 9.17) is 4.74 Å². The van der Waals surface area contributed by atoms with Crippen molar-refractivity contribution in [2.24, 2.45) is 7.05 Å². The van der Waals surface area contributed by atoms with Gasteiger partial charge in [0, 0.05) is 18.1 Å². The normalized spacial score (nSPS) is 13.5. The minimum Gasteiger partial charge on any atom is -0.462 e. The smallest absolute Gasteiger partial charge is 0.341 e. The van der Waals surface area contributed by atoms with Crippen LogP contribution in [0, 0.1) is 3.57 Å². The van der Waals surface area contributed by atoms with E-state index in [-0.39, 0.29) is 11.9 Å². The van der Waals surface area contributed by atoms with Crippen LogP contribution in [0.3, 0.4) is 0 Å². The van der Waals surface area contributed by atoms with Gasteiger partial charge in [-0.05, 0) is 60.8 Å². The summed E-state index contributed by atoms with van der Waals surface area (Å²) in [5.74, 6) is -0.660. The van der Waals surface area contributed by atoms with Crippen molar-refractivity contribution in [1.82, 2.24) is 9.78 Å². The van der Waals surface area contributed by atoms with Gasteiger partial charge in [-0.25, -0.2) is 4.79 Å². The van der Waals surface area contributed by atoms with Crippen LogP contribution in [0.5, 0.6) is 0 Å². The van der Waals surface area contributed by atoms with E-state index in [1.54, 1.807) is 24.9 Å². The zero-order valence-electron chi connectivity index (χ0n) is 13.5. The molecule has 0 aliphatic heterocycles. The van der Waals surface area contributed by atoms with Crippen molar-refractivity contribution in [2.75, 3.05) is 11.9 Å². The molecule has 2 aromatic heterocycles. The third-order valence-corrected chi connectivity index (χ3v) is 5.87. The summed E-state index contributed by atoms with van der Waals surface area (Å²) in [7, 11) is 1.77. The zero-order chi connectivity index (χ0) is 17.3. The lowest BCUT2D eigenvalue weighted by Crippen LogP contribution is -2.17. The summed E-state index contributed by atoms with van der Waals surface area (Å²) in [5, 5.41) is 7.64. The number of fused-ring (bicyclic) bond motifs is 1. The van der Waals surface area contributed by atoms with Gasteiger partial charge < -0.3 is 10.1 Å². The summed E-state index contributed by atoms with van der Waals surface area (Å²) >= 11 is 3.56. The van der Waals surface area contributed by atoms with Gasteiger partial charge in [-0.15, -0.1) is 11.3 Å². The van der Waals surface area contributed by atoms with Crippen LogP contribution in [0.1, 0.15) is 51.1 Å². The van der Waals surface area contributed by atoms with E-state index in [1.807, 2.05) is 0 Å². The number of ether oxygens (including phenoxy) is 1. The van der Waals surface area contributed by atoms with E-state index in [9.17, 15) is 9.59 Å². The number of aryl methyl sites for hydroxylation is 2. The van der Waals surface area contributed by atoms with Crippen molar-refractivity contribution in [3.63, 3.8) is 0 Å². The van der Waals surface area contributed by atoms with E-state index in [2.05, 4.69) is 33.0 Å². The van der Waals surface area contributed by atoms with Gasteiger partial charge in [-0.1, -0.05) is 0 Å². The number of thiophene rings is 1. The van der Waals surface area contributed by atoms with Crippen molar-refractivity contribution >= 4 is 50.8 Å². The fourth-order valence-corrected chi connectivity index (χ4v) is 4.88. The first-order valence-corrected chi connectivity index (χ1v) is 9.73. The number of aromatic nitrogens is 2. The Hall–Kier alpha value is -1.42. The van der Waals surface area contributed by atoms with Gasteiger partial charge in [0.15, 0.2) is 5.69 Å². The molecule has 8 heteroatoms. The first kappa shape index (κ1) is 17.4. The van der Waals surface area contributed by atoms with Crippen molar-refractivity contribution in [1.29, 1.82) is 0 Å². The number of hydrogen-bond acceptors (Lipinski definition) is 5. The Bertz CT molecular complexity index is 797. The maximum Gasteiger partial charge on any atom is 0.341 e. The Kier molecular flexibility index (Phi) is 5.24. The predicted molar refractivity (Wildman–Crippen MR) is 101 cm³/mol. The van der Waals surface area contributed by atoms with Crippen LogP contribution in [0.4, 0.5) is 5.00 Å². The summed E-state index contributed by atoms with van der Waals surface area (Å²) in [4.78, 5) is 26.1. The molecule has 2 aromatic rings. The lowest BCUT2D eigenvalue weighted by Gasteiger charge is -2.12. The first-order valence-electron chi connectivity index (χ1n) is 7.83. The van der Waals surface area contributed by atoms with E-state index < -0.39 is 0 Å². The Labute approximate surface area is 157 Å². The van der Waals surface area contributed by atoms with Crippen LogP contribution in [0.2, 0.25) is 0 Å². The number of esters is 1. The van der Waals surface area contributed by atoms with Crippen LogP contribution >= 0.6 is 33.9 Å². The van der Waals surface area contributed by atoms with E-state index in [1.165, 1.54) is 16.2 Å². The molecule has 3 rings (SSSR count). The van der Waals surface area contributed by atoms with Gasteiger partial charge in [0.25, 0.3) is 5.91 Å². The second-order valence-electron chi connectivity index (χ2n) is 5.59. The quantitative estimate of drug-likeness (QED) is 0.562. The largest absolute Gasteiger partial charge is 0.462 e. The molecule has 1 amide bonds.